The van der Waals surface area contributed by atoms with Gasteiger partial charge in [0.1, 0.15) is 4.88 Å². The summed E-state index contributed by atoms with van der Waals surface area (Å²) in [5, 5.41) is 3.89. The van der Waals surface area contributed by atoms with Gasteiger partial charge in [0.25, 0.3) is 5.91 Å². The van der Waals surface area contributed by atoms with Gasteiger partial charge in [-0.2, -0.15) is 0 Å². The van der Waals surface area contributed by atoms with Gasteiger partial charge in [0.05, 0.1) is 10.6 Å². The van der Waals surface area contributed by atoms with Crippen molar-refractivity contribution in [2.45, 2.75) is 44.4 Å². The molecule has 3 rings (SSSR count). The molecule has 1 aromatic carbocycles. The third-order valence-corrected chi connectivity index (χ3v) is 7.34. The minimum atomic E-state index is -3.51. The molecule has 0 radical (unpaired) electrons. The minimum Gasteiger partial charge on any atom is -0.338 e. The molecule has 0 saturated carbocycles. The SMILES string of the molecule is CCCc1ccc(S(=O)(=O)NCC2CCN(C(=O)c3snnc3C)CC2)cc1. The molecule has 0 spiro atoms. The average Bonchev–Trinajstić information content (AvgIpc) is 3.13. The predicted molar refractivity (Wildman–Crippen MR) is 109 cm³/mol. The second-order valence-corrected chi connectivity index (χ2v) is 9.69. The first kappa shape index (κ1) is 20.9. The molecule has 1 aliphatic heterocycles. The van der Waals surface area contributed by atoms with Crippen LogP contribution in [0.1, 0.15) is 47.1 Å². The molecule has 0 atom stereocenters. The lowest BCUT2D eigenvalue weighted by atomic mass is 9.97. The first-order valence-electron chi connectivity index (χ1n) is 9.57. The number of carbonyl (C=O) groups is 1. The van der Waals surface area contributed by atoms with E-state index in [0.29, 0.717) is 35.1 Å². The Hall–Kier alpha value is -1.84. The van der Waals surface area contributed by atoms with Crippen LogP contribution in [0.4, 0.5) is 0 Å². The summed E-state index contributed by atoms with van der Waals surface area (Å²) in [7, 11) is -3.51. The summed E-state index contributed by atoms with van der Waals surface area (Å²) in [6.45, 7) is 5.51. The molecule has 1 aliphatic rings. The molecule has 1 N–H and O–H groups in total. The summed E-state index contributed by atoms with van der Waals surface area (Å²) in [6, 6.07) is 7.08. The van der Waals surface area contributed by atoms with Gasteiger partial charge in [-0.15, -0.1) is 5.10 Å². The van der Waals surface area contributed by atoms with Gasteiger partial charge >= 0.3 is 0 Å². The van der Waals surface area contributed by atoms with E-state index in [1.165, 1.54) is 0 Å². The van der Waals surface area contributed by atoms with Crippen molar-refractivity contribution in [1.29, 1.82) is 0 Å². The van der Waals surface area contributed by atoms with Crippen LogP contribution >= 0.6 is 11.5 Å². The molecule has 0 aliphatic carbocycles. The normalized spacial score (nSPS) is 15.7. The predicted octanol–water partition coefficient (Wildman–Crippen LogP) is 2.63. The van der Waals surface area contributed by atoms with Crippen LogP contribution in [0.25, 0.3) is 0 Å². The first-order valence-corrected chi connectivity index (χ1v) is 11.8. The second-order valence-electron chi connectivity index (χ2n) is 7.17. The van der Waals surface area contributed by atoms with E-state index < -0.39 is 10.0 Å². The number of piperidine rings is 1. The van der Waals surface area contributed by atoms with E-state index in [-0.39, 0.29) is 11.8 Å². The average molecular weight is 423 g/mol. The summed E-state index contributed by atoms with van der Waals surface area (Å²) in [6.07, 6.45) is 3.52. The number of aryl methyl sites for hydroxylation is 2. The number of nitrogens with zero attached hydrogens (tertiary/aromatic N) is 3. The van der Waals surface area contributed by atoms with Crippen molar-refractivity contribution in [1.82, 2.24) is 19.2 Å². The number of hydrogen-bond acceptors (Lipinski definition) is 6. The summed E-state index contributed by atoms with van der Waals surface area (Å²) in [4.78, 5) is 15.2. The largest absolute Gasteiger partial charge is 0.338 e. The van der Waals surface area contributed by atoms with Crippen LogP contribution in [-0.4, -0.2) is 48.4 Å². The molecule has 1 amide bonds. The summed E-state index contributed by atoms with van der Waals surface area (Å²) < 4.78 is 31.6. The van der Waals surface area contributed by atoms with Gasteiger partial charge in [0, 0.05) is 19.6 Å². The molecular weight excluding hydrogens is 396 g/mol. The van der Waals surface area contributed by atoms with Gasteiger partial charge in [0.15, 0.2) is 0 Å². The Labute approximate surface area is 170 Å². The van der Waals surface area contributed by atoms with Crippen LogP contribution in [0.5, 0.6) is 0 Å². The topological polar surface area (TPSA) is 92.3 Å². The fraction of sp³-hybridized carbons (Fsp3) is 0.526. The van der Waals surface area contributed by atoms with E-state index in [0.717, 1.165) is 42.8 Å². The first-order chi connectivity index (χ1) is 13.4. The molecule has 1 fully saturated rings. The van der Waals surface area contributed by atoms with E-state index >= 15 is 0 Å². The molecule has 28 heavy (non-hydrogen) atoms. The summed E-state index contributed by atoms with van der Waals surface area (Å²) in [5.74, 6) is 0.192. The fourth-order valence-corrected chi connectivity index (χ4v) is 5.09. The highest BCUT2D eigenvalue weighted by atomic mass is 32.2. The van der Waals surface area contributed by atoms with Gasteiger partial charge in [-0.3, -0.25) is 4.79 Å². The minimum absolute atomic E-state index is 0.0290. The smallest absolute Gasteiger partial charge is 0.267 e. The summed E-state index contributed by atoms with van der Waals surface area (Å²) in [5.41, 5.74) is 1.81. The van der Waals surface area contributed by atoms with Gasteiger partial charge in [-0.1, -0.05) is 30.0 Å². The Morgan fingerprint density at radius 2 is 1.93 bits per heavy atom. The number of sulfonamides is 1. The molecule has 7 nitrogen and oxygen atoms in total. The maximum Gasteiger partial charge on any atom is 0.267 e. The number of benzene rings is 1. The number of hydrogen-bond donors (Lipinski definition) is 1. The number of aromatic nitrogens is 2. The fourth-order valence-electron chi connectivity index (χ4n) is 3.35. The standard InChI is InChI=1S/C19H26N4O3S2/c1-3-4-15-5-7-17(8-6-15)28(25,26)20-13-16-9-11-23(12-10-16)19(24)18-14(2)21-22-27-18/h5-8,16,20H,3-4,9-13H2,1-2H3. The van der Waals surface area contributed by atoms with Crippen molar-refractivity contribution in [2.24, 2.45) is 5.92 Å². The van der Waals surface area contributed by atoms with Gasteiger partial charge in [0.2, 0.25) is 10.0 Å². The molecule has 1 saturated heterocycles. The van der Waals surface area contributed by atoms with Gasteiger partial charge < -0.3 is 4.90 Å². The van der Waals surface area contributed by atoms with Crippen molar-refractivity contribution in [2.75, 3.05) is 19.6 Å². The van der Waals surface area contributed by atoms with Gasteiger partial charge in [-0.05, 0) is 61.3 Å². The molecule has 9 heteroatoms. The van der Waals surface area contributed by atoms with Crippen molar-refractivity contribution in [3.63, 3.8) is 0 Å². The number of carbonyl (C=O) groups excluding carboxylic acids is 1. The number of amides is 1. The zero-order valence-corrected chi connectivity index (χ0v) is 17.9. The lowest BCUT2D eigenvalue weighted by Gasteiger charge is -2.31. The third kappa shape index (κ3) is 4.95. The van der Waals surface area contributed by atoms with Crippen LogP contribution in [0, 0.1) is 12.8 Å². The summed E-state index contributed by atoms with van der Waals surface area (Å²) >= 11 is 1.12. The molecule has 152 valence electrons. The Kier molecular flexibility index (Phi) is 6.79. The molecule has 0 unspecified atom stereocenters. The van der Waals surface area contributed by atoms with Crippen LogP contribution in [-0.2, 0) is 16.4 Å². The molecule has 2 aromatic rings. The van der Waals surface area contributed by atoms with Crippen molar-refractivity contribution in [3.8, 4) is 0 Å². The van der Waals surface area contributed by atoms with Crippen molar-refractivity contribution in [3.05, 3.63) is 40.4 Å². The Bertz CT molecular complexity index is 902. The van der Waals surface area contributed by atoms with E-state index in [1.807, 2.05) is 12.1 Å². The second kappa shape index (κ2) is 9.11. The molecular formula is C19H26N4O3S2. The highest BCUT2D eigenvalue weighted by molar-refractivity contribution is 7.89. The number of rotatable bonds is 7. The van der Waals surface area contributed by atoms with Crippen LogP contribution in [0.15, 0.2) is 29.2 Å². The number of nitrogens with one attached hydrogen (secondary N) is 1. The van der Waals surface area contributed by atoms with Crippen molar-refractivity contribution < 1.29 is 13.2 Å². The zero-order chi connectivity index (χ0) is 20.1. The van der Waals surface area contributed by atoms with E-state index in [9.17, 15) is 13.2 Å². The zero-order valence-electron chi connectivity index (χ0n) is 16.2. The van der Waals surface area contributed by atoms with E-state index in [4.69, 9.17) is 0 Å². The Balaban J connectivity index is 1.50. The molecule has 1 aromatic heterocycles. The highest BCUT2D eigenvalue weighted by Crippen LogP contribution is 2.21. The highest BCUT2D eigenvalue weighted by Gasteiger charge is 2.27. The monoisotopic (exact) mass is 422 g/mol. The lowest BCUT2D eigenvalue weighted by Crippen LogP contribution is -2.41. The maximum atomic E-state index is 12.5. The quantitative estimate of drug-likeness (QED) is 0.740. The molecule has 2 heterocycles. The van der Waals surface area contributed by atoms with Crippen molar-refractivity contribution >= 4 is 27.5 Å². The van der Waals surface area contributed by atoms with E-state index in [2.05, 4.69) is 21.2 Å². The van der Waals surface area contributed by atoms with Crippen LogP contribution < -0.4 is 4.72 Å². The Morgan fingerprint density at radius 3 is 2.50 bits per heavy atom. The Morgan fingerprint density at radius 1 is 1.25 bits per heavy atom. The van der Waals surface area contributed by atoms with Crippen LogP contribution in [0.2, 0.25) is 0 Å². The van der Waals surface area contributed by atoms with E-state index in [1.54, 1.807) is 24.0 Å². The third-order valence-electron chi connectivity index (χ3n) is 5.08. The lowest BCUT2D eigenvalue weighted by molar-refractivity contribution is 0.0696. The van der Waals surface area contributed by atoms with Crippen LogP contribution in [0.3, 0.4) is 0 Å². The molecule has 0 bridgehead atoms. The number of likely N-dealkylation sites (tertiary alicyclic amines) is 1. The van der Waals surface area contributed by atoms with Gasteiger partial charge in [-0.25, -0.2) is 13.1 Å². The maximum absolute atomic E-state index is 12.5.